The van der Waals surface area contributed by atoms with E-state index in [-0.39, 0.29) is 42.2 Å². The van der Waals surface area contributed by atoms with Gasteiger partial charge in [-0.25, -0.2) is 4.79 Å². The van der Waals surface area contributed by atoms with E-state index in [4.69, 9.17) is 7.85 Å². The number of nitrogens with one attached hydrogen (secondary N) is 1. The lowest BCUT2D eigenvalue weighted by Crippen LogP contribution is -2.46. The topological polar surface area (TPSA) is 83.5 Å². The van der Waals surface area contributed by atoms with Crippen LogP contribution in [-0.4, -0.2) is 36.7 Å². The Hall–Kier alpha value is -1.59. The molecule has 0 spiro atoms. The molecule has 0 saturated heterocycles. The van der Waals surface area contributed by atoms with Gasteiger partial charge in [0.25, 0.3) is 0 Å². The van der Waals surface area contributed by atoms with Crippen LogP contribution in [0.25, 0.3) is 0 Å². The average Bonchev–Trinajstić information content (AvgIpc) is 2.88. The molecule has 0 bridgehead atoms. The first-order valence-electron chi connectivity index (χ1n) is 8.84. The molecule has 1 saturated carbocycles. The second-order valence-corrected chi connectivity index (χ2v) is 6.48. The Balaban J connectivity index is 2.65. The zero-order valence-corrected chi connectivity index (χ0v) is 14.7. The van der Waals surface area contributed by atoms with Crippen molar-refractivity contribution in [1.29, 1.82) is 0 Å². The highest BCUT2D eigenvalue weighted by molar-refractivity contribution is 6.09. The van der Waals surface area contributed by atoms with E-state index in [0.717, 1.165) is 6.42 Å². The number of ketones is 1. The molecule has 1 fully saturated rings. The van der Waals surface area contributed by atoms with Crippen molar-refractivity contribution in [2.75, 3.05) is 0 Å². The number of carbonyl (C=O) groups is 3. The van der Waals surface area contributed by atoms with Crippen LogP contribution >= 0.6 is 0 Å². The molecule has 0 aliphatic heterocycles. The molecule has 0 aromatic rings. The van der Waals surface area contributed by atoms with Crippen molar-refractivity contribution in [3.05, 3.63) is 12.2 Å². The molecule has 6 heteroatoms. The third-order valence-electron chi connectivity index (χ3n) is 4.87. The van der Waals surface area contributed by atoms with Crippen molar-refractivity contribution >= 4 is 25.5 Å². The SMILES string of the molecule is [B]C[C@@H](CC)[C@H](NC(=O)C[C@H]1CCC(=O)[C@H]1C/C=C\CC)C(=O)O. The zero-order valence-electron chi connectivity index (χ0n) is 14.7. The Labute approximate surface area is 145 Å². The maximum atomic E-state index is 12.3. The lowest BCUT2D eigenvalue weighted by molar-refractivity contribution is -0.143. The number of hydrogen-bond acceptors (Lipinski definition) is 3. The molecule has 0 aromatic heterocycles. The van der Waals surface area contributed by atoms with Gasteiger partial charge in [0, 0.05) is 18.8 Å². The van der Waals surface area contributed by atoms with Crippen molar-refractivity contribution in [2.24, 2.45) is 17.8 Å². The van der Waals surface area contributed by atoms with E-state index in [9.17, 15) is 19.5 Å². The minimum Gasteiger partial charge on any atom is -0.480 e. The number of carboxylic acid groups (broad SMARTS) is 1. The minimum absolute atomic E-state index is 0.00796. The van der Waals surface area contributed by atoms with Crippen LogP contribution in [0.2, 0.25) is 6.32 Å². The number of aliphatic carboxylic acids is 1. The normalized spacial score (nSPS) is 23.3. The highest BCUT2D eigenvalue weighted by atomic mass is 16.4. The van der Waals surface area contributed by atoms with Gasteiger partial charge < -0.3 is 10.4 Å². The Morgan fingerprint density at radius 3 is 2.62 bits per heavy atom. The van der Waals surface area contributed by atoms with Gasteiger partial charge in [0.1, 0.15) is 11.8 Å². The predicted octanol–water partition coefficient (Wildman–Crippen LogP) is 2.51. The molecule has 24 heavy (non-hydrogen) atoms. The number of hydrogen-bond donors (Lipinski definition) is 2. The molecule has 1 aliphatic rings. The van der Waals surface area contributed by atoms with Gasteiger partial charge in [-0.3, -0.25) is 9.59 Å². The highest BCUT2D eigenvalue weighted by Crippen LogP contribution is 2.34. The maximum Gasteiger partial charge on any atom is 0.326 e. The minimum atomic E-state index is -1.06. The summed E-state index contributed by atoms with van der Waals surface area (Å²) in [5, 5.41) is 11.9. The van der Waals surface area contributed by atoms with Crippen LogP contribution in [0.3, 0.4) is 0 Å². The Morgan fingerprint density at radius 2 is 2.08 bits per heavy atom. The highest BCUT2D eigenvalue weighted by Gasteiger charge is 2.36. The van der Waals surface area contributed by atoms with E-state index in [2.05, 4.69) is 5.32 Å². The van der Waals surface area contributed by atoms with Gasteiger partial charge in [-0.1, -0.05) is 38.7 Å². The number of carbonyl (C=O) groups excluding carboxylic acids is 2. The quantitative estimate of drug-likeness (QED) is 0.475. The Bertz CT molecular complexity index is 474. The summed E-state index contributed by atoms with van der Waals surface area (Å²) in [7, 11) is 5.60. The number of carboxylic acids is 1. The summed E-state index contributed by atoms with van der Waals surface area (Å²) in [6.45, 7) is 3.89. The molecule has 2 radical (unpaired) electrons. The number of amides is 1. The molecule has 4 atom stereocenters. The molecule has 132 valence electrons. The second kappa shape index (κ2) is 10.3. The van der Waals surface area contributed by atoms with Gasteiger partial charge in [0.15, 0.2) is 0 Å². The molecule has 5 nitrogen and oxygen atoms in total. The average molecular weight is 333 g/mol. The molecule has 0 aromatic carbocycles. The Morgan fingerprint density at radius 1 is 1.38 bits per heavy atom. The number of allylic oxidation sites excluding steroid dienone is 2. The molecule has 1 amide bonds. The van der Waals surface area contributed by atoms with Crippen LogP contribution in [-0.2, 0) is 14.4 Å². The van der Waals surface area contributed by atoms with Crippen molar-refractivity contribution in [1.82, 2.24) is 5.32 Å². The predicted molar refractivity (Wildman–Crippen MR) is 93.8 cm³/mol. The summed E-state index contributed by atoms with van der Waals surface area (Å²) in [5.74, 6) is -1.59. The van der Waals surface area contributed by atoms with E-state index in [0.29, 0.717) is 25.7 Å². The third-order valence-corrected chi connectivity index (χ3v) is 4.87. The first kappa shape index (κ1) is 20.5. The van der Waals surface area contributed by atoms with Crippen molar-refractivity contribution in [3.63, 3.8) is 0 Å². The van der Waals surface area contributed by atoms with E-state index in [1.165, 1.54) is 0 Å². The summed E-state index contributed by atoms with van der Waals surface area (Å²) >= 11 is 0. The number of Topliss-reactive ketones (excluding diaryl/α,β-unsaturated/α-hetero) is 1. The molecule has 0 unspecified atom stereocenters. The van der Waals surface area contributed by atoms with Crippen LogP contribution in [0.15, 0.2) is 12.2 Å². The van der Waals surface area contributed by atoms with Crippen molar-refractivity contribution < 1.29 is 19.5 Å². The Kier molecular flexibility index (Phi) is 8.79. The fourth-order valence-electron chi connectivity index (χ4n) is 3.35. The number of rotatable bonds is 10. The molecule has 1 rings (SSSR count). The van der Waals surface area contributed by atoms with Crippen LogP contribution in [0, 0.1) is 17.8 Å². The van der Waals surface area contributed by atoms with Crippen molar-refractivity contribution in [3.8, 4) is 0 Å². The molecule has 1 aliphatic carbocycles. The van der Waals surface area contributed by atoms with E-state index in [1.54, 1.807) is 0 Å². The van der Waals surface area contributed by atoms with E-state index in [1.807, 2.05) is 26.0 Å². The van der Waals surface area contributed by atoms with E-state index >= 15 is 0 Å². The summed E-state index contributed by atoms with van der Waals surface area (Å²) in [5.41, 5.74) is 0. The maximum absolute atomic E-state index is 12.3. The van der Waals surface area contributed by atoms with Gasteiger partial charge >= 0.3 is 5.97 Å². The van der Waals surface area contributed by atoms with Gasteiger partial charge in [-0.15, -0.1) is 0 Å². The van der Waals surface area contributed by atoms with Gasteiger partial charge in [0.05, 0.1) is 7.85 Å². The van der Waals surface area contributed by atoms with Crippen LogP contribution in [0.4, 0.5) is 0 Å². The van der Waals surface area contributed by atoms with Gasteiger partial charge in [-0.05, 0) is 31.1 Å². The van der Waals surface area contributed by atoms with E-state index < -0.39 is 12.0 Å². The largest absolute Gasteiger partial charge is 0.480 e. The molecule has 2 N–H and O–H groups in total. The van der Waals surface area contributed by atoms with Gasteiger partial charge in [0.2, 0.25) is 5.91 Å². The molecular weight excluding hydrogens is 305 g/mol. The third kappa shape index (κ3) is 5.80. The first-order chi connectivity index (χ1) is 11.4. The lowest BCUT2D eigenvalue weighted by atomic mass is 9.83. The fourth-order valence-corrected chi connectivity index (χ4v) is 3.35. The lowest BCUT2D eigenvalue weighted by Gasteiger charge is -2.24. The van der Waals surface area contributed by atoms with Crippen LogP contribution in [0.1, 0.15) is 52.4 Å². The standard InChI is InChI=1S/C18H28BNO4/c1-3-5-6-7-14-13(8-9-15(14)21)10-16(22)20-17(18(23)24)12(4-2)11-19/h5-6,12-14,17H,3-4,7-11H2,1-2H3,(H,20,22)(H,23,24)/b6-5-/t12-,13-,14+,17+/m1/s1. The smallest absolute Gasteiger partial charge is 0.326 e. The summed E-state index contributed by atoms with van der Waals surface area (Å²) in [4.78, 5) is 35.7. The van der Waals surface area contributed by atoms with Gasteiger partial charge in [-0.2, -0.15) is 0 Å². The monoisotopic (exact) mass is 333 g/mol. The molecule has 0 heterocycles. The van der Waals surface area contributed by atoms with Crippen molar-refractivity contribution in [2.45, 2.75) is 64.7 Å². The second-order valence-electron chi connectivity index (χ2n) is 6.48. The van der Waals surface area contributed by atoms with Crippen LogP contribution in [0.5, 0.6) is 0 Å². The summed E-state index contributed by atoms with van der Waals surface area (Å²) in [6.07, 6.45) is 7.79. The molecular formula is C18H28BNO4. The first-order valence-corrected chi connectivity index (χ1v) is 8.84. The fraction of sp³-hybridized carbons (Fsp3) is 0.722. The summed E-state index contributed by atoms with van der Waals surface area (Å²) in [6, 6.07) is -0.969. The zero-order chi connectivity index (χ0) is 18.1. The summed E-state index contributed by atoms with van der Waals surface area (Å²) < 4.78 is 0. The van der Waals surface area contributed by atoms with Crippen LogP contribution < -0.4 is 5.32 Å².